The van der Waals surface area contributed by atoms with Gasteiger partial charge in [0, 0.05) is 11.1 Å². The maximum absolute atomic E-state index is 5.21. The maximum Gasteiger partial charge on any atom is 1.00 e. The summed E-state index contributed by atoms with van der Waals surface area (Å²) in [6.45, 7) is 4.08. The first kappa shape index (κ1) is 16.7. The van der Waals surface area contributed by atoms with Gasteiger partial charge in [-0.05, 0) is 37.1 Å². The van der Waals surface area contributed by atoms with Crippen LogP contribution in [-0.4, -0.2) is 0 Å². The van der Waals surface area contributed by atoms with Crippen molar-refractivity contribution in [2.75, 3.05) is 0 Å². The van der Waals surface area contributed by atoms with Gasteiger partial charge in [0.05, 0.1) is 11.5 Å². The monoisotopic (exact) mass is 279 g/mol. The summed E-state index contributed by atoms with van der Waals surface area (Å²) in [6, 6.07) is 11.8. The van der Waals surface area contributed by atoms with Gasteiger partial charge in [0.25, 0.3) is 0 Å². The molecule has 0 aromatic heterocycles. The van der Waals surface area contributed by atoms with E-state index in [9.17, 15) is 0 Å². The second-order valence-electron chi connectivity index (χ2n) is 4.18. The van der Waals surface area contributed by atoms with Crippen LogP contribution in [0.4, 0.5) is 0 Å². The average Bonchev–Trinajstić information content (AvgIpc) is 2.38. The third-order valence-corrected chi connectivity index (χ3v) is 3.03. The van der Waals surface area contributed by atoms with Crippen molar-refractivity contribution in [3.8, 4) is 22.6 Å². The van der Waals surface area contributed by atoms with Gasteiger partial charge in [-0.15, -0.1) is 0 Å². The molecule has 0 amide bonds. The molecule has 0 spiro atoms. The summed E-state index contributed by atoms with van der Waals surface area (Å²) in [5.41, 5.74) is 4.24. The van der Waals surface area contributed by atoms with E-state index in [1.165, 1.54) is 0 Å². The van der Waals surface area contributed by atoms with Crippen LogP contribution in [0.5, 0.6) is 11.5 Å². The Bertz CT molecular complexity index is 513. The quantitative estimate of drug-likeness (QED) is 0.623. The third kappa shape index (κ3) is 3.41. The molecule has 0 unspecified atom stereocenters. The van der Waals surface area contributed by atoms with Crippen LogP contribution in [0.25, 0.3) is 11.1 Å². The van der Waals surface area contributed by atoms with Crippen LogP contribution in [0.15, 0.2) is 36.4 Å². The molecule has 0 atom stereocenters. The summed E-state index contributed by atoms with van der Waals surface area (Å²) in [4.78, 5) is 0. The van der Waals surface area contributed by atoms with Crippen LogP contribution in [0.1, 0.15) is 11.1 Å². The number of benzene rings is 2. The van der Waals surface area contributed by atoms with E-state index in [2.05, 4.69) is 14.2 Å². The Kier molecular flexibility index (Phi) is 6.57. The molecule has 2 aromatic carbocycles. The fraction of sp³-hybridized carbons (Fsp3) is 0.125. The van der Waals surface area contributed by atoms with Crippen LogP contribution in [-0.2, 0) is 0 Å². The molecule has 3 heteroatoms. The van der Waals surface area contributed by atoms with Crippen molar-refractivity contribution < 1.29 is 60.9 Å². The molecule has 0 aliphatic heterocycles. The molecular weight excluding hydrogens is 263 g/mol. The van der Waals surface area contributed by atoms with Gasteiger partial charge in [-0.1, -0.05) is 24.3 Å². The van der Waals surface area contributed by atoms with Crippen LogP contribution in [0.3, 0.4) is 0 Å². The van der Waals surface area contributed by atoms with Crippen LogP contribution >= 0.6 is 0 Å². The average molecular weight is 279 g/mol. The number of ether oxygens (including phenoxy) is 2. The zero-order valence-corrected chi connectivity index (χ0v) is 14.8. The second kappa shape index (κ2) is 7.46. The molecule has 0 aliphatic rings. The molecule has 0 aliphatic carbocycles. The van der Waals surface area contributed by atoms with E-state index in [0.29, 0.717) is 0 Å². The smallest absolute Gasteiger partial charge is 0.665 e. The summed E-state index contributed by atoms with van der Waals surface area (Å²) in [6.07, 6.45) is 0. The molecule has 0 fully saturated rings. The van der Waals surface area contributed by atoms with Gasteiger partial charge in [0.2, 0.25) is 0 Å². The van der Waals surface area contributed by atoms with E-state index < -0.39 is 0 Å². The summed E-state index contributed by atoms with van der Waals surface area (Å²) < 4.78 is 10.4. The molecular formula is C16H16KO2-. The Morgan fingerprint density at radius 1 is 0.737 bits per heavy atom. The van der Waals surface area contributed by atoms with Crippen molar-refractivity contribution in [1.82, 2.24) is 0 Å². The Morgan fingerprint density at radius 2 is 1.11 bits per heavy atom. The molecule has 0 radical (unpaired) electrons. The molecule has 2 nitrogen and oxygen atoms in total. The zero-order chi connectivity index (χ0) is 13.1. The van der Waals surface area contributed by atoms with E-state index in [0.717, 1.165) is 33.8 Å². The van der Waals surface area contributed by atoms with Gasteiger partial charge in [-0.3, -0.25) is 0 Å². The van der Waals surface area contributed by atoms with Gasteiger partial charge in [-0.2, -0.15) is 14.2 Å². The van der Waals surface area contributed by atoms with Gasteiger partial charge >= 0.3 is 51.4 Å². The summed E-state index contributed by atoms with van der Waals surface area (Å²) in [7, 11) is 7.02. The summed E-state index contributed by atoms with van der Waals surface area (Å²) >= 11 is 0. The molecule has 0 N–H and O–H groups in total. The summed E-state index contributed by atoms with van der Waals surface area (Å²) in [5, 5.41) is 0. The maximum atomic E-state index is 5.21. The minimum atomic E-state index is 0. The predicted octanol–water partition coefficient (Wildman–Crippen LogP) is 1.32. The normalized spacial score (nSPS) is 9.68. The van der Waals surface area contributed by atoms with Gasteiger partial charge in [0.15, 0.2) is 0 Å². The van der Waals surface area contributed by atoms with Crippen molar-refractivity contribution >= 4 is 0 Å². The van der Waals surface area contributed by atoms with Crippen molar-refractivity contribution in [3.05, 3.63) is 61.7 Å². The minimum absolute atomic E-state index is 0. The third-order valence-electron chi connectivity index (χ3n) is 3.03. The minimum Gasteiger partial charge on any atom is -0.665 e. The van der Waals surface area contributed by atoms with E-state index in [4.69, 9.17) is 9.47 Å². The first-order valence-electron chi connectivity index (χ1n) is 5.72. The van der Waals surface area contributed by atoms with Crippen LogP contribution in [0, 0.1) is 28.1 Å². The molecule has 0 saturated heterocycles. The fourth-order valence-electron chi connectivity index (χ4n) is 2.16. The van der Waals surface area contributed by atoms with E-state index in [1.807, 2.05) is 50.2 Å². The Morgan fingerprint density at radius 3 is 1.42 bits per heavy atom. The number of hydrogen-bond donors (Lipinski definition) is 0. The van der Waals surface area contributed by atoms with Gasteiger partial charge in [-0.25, -0.2) is 0 Å². The standard InChI is InChI=1S/C16H16O2.K/c1-11-7-5-9-13(17-3)15(11)16-12(2)8-6-10-14(16)18-4;/h5-10H,3-4H2,1-2H3;/q-2;+1. The SMILES string of the molecule is [CH2-]Oc1cccc(C)c1-c1c(C)cccc1O[CH2-].[K+]. The van der Waals surface area contributed by atoms with Crippen molar-refractivity contribution in [3.63, 3.8) is 0 Å². The number of rotatable bonds is 3. The topological polar surface area (TPSA) is 18.5 Å². The van der Waals surface area contributed by atoms with Crippen molar-refractivity contribution in [2.24, 2.45) is 0 Å². The zero-order valence-electron chi connectivity index (χ0n) is 11.7. The van der Waals surface area contributed by atoms with E-state index in [-0.39, 0.29) is 51.4 Å². The predicted molar refractivity (Wildman–Crippen MR) is 73.3 cm³/mol. The molecule has 94 valence electrons. The van der Waals surface area contributed by atoms with Gasteiger partial charge in [0.1, 0.15) is 0 Å². The van der Waals surface area contributed by atoms with E-state index in [1.54, 1.807) is 0 Å². The second-order valence-corrected chi connectivity index (χ2v) is 4.18. The van der Waals surface area contributed by atoms with E-state index >= 15 is 0 Å². The van der Waals surface area contributed by atoms with Crippen LogP contribution < -0.4 is 60.9 Å². The largest absolute Gasteiger partial charge is 1.00 e. The molecule has 19 heavy (non-hydrogen) atoms. The Hall–Kier alpha value is -0.324. The van der Waals surface area contributed by atoms with Crippen molar-refractivity contribution in [1.29, 1.82) is 0 Å². The fourth-order valence-corrected chi connectivity index (χ4v) is 2.16. The number of aryl methyl sites for hydroxylation is 2. The number of hydrogen-bond acceptors (Lipinski definition) is 2. The first-order chi connectivity index (χ1) is 8.69. The molecule has 0 saturated carbocycles. The molecule has 2 rings (SSSR count). The van der Waals surface area contributed by atoms with Crippen molar-refractivity contribution in [2.45, 2.75) is 13.8 Å². The molecule has 0 bridgehead atoms. The first-order valence-corrected chi connectivity index (χ1v) is 5.72. The molecule has 2 aromatic rings. The van der Waals surface area contributed by atoms with Crippen LogP contribution in [0.2, 0.25) is 0 Å². The molecule has 0 heterocycles. The summed E-state index contributed by atoms with van der Waals surface area (Å²) in [5.74, 6) is 1.48. The van der Waals surface area contributed by atoms with Gasteiger partial charge < -0.3 is 9.47 Å². The Labute approximate surface area is 157 Å². The Balaban J connectivity index is 0.00000180.